The third kappa shape index (κ3) is 4.49. The first kappa shape index (κ1) is 18.1. The topological polar surface area (TPSA) is 94.3 Å². The standard InChI is InChI=1S/C21H19N3O3/c1-13-6-7-16(10-14(13)2)21(26)24-17-8-9-19(23-12-17)27-18-5-3-4-15(11-18)20(22)25/h3-12H,1-2H3,(H2,22,25)(H,24,26). The molecule has 1 heterocycles. The number of hydrogen-bond donors (Lipinski definition) is 2. The molecule has 2 aromatic carbocycles. The molecule has 0 bridgehead atoms. The van der Waals surface area contributed by atoms with Gasteiger partial charge in [-0.1, -0.05) is 12.1 Å². The number of aromatic nitrogens is 1. The van der Waals surface area contributed by atoms with Gasteiger partial charge < -0.3 is 15.8 Å². The van der Waals surface area contributed by atoms with Gasteiger partial charge in [-0.2, -0.15) is 0 Å². The lowest BCUT2D eigenvalue weighted by Gasteiger charge is -2.09. The summed E-state index contributed by atoms with van der Waals surface area (Å²) in [5.41, 5.74) is 8.94. The Balaban J connectivity index is 1.68. The Bertz CT molecular complexity index is 998. The van der Waals surface area contributed by atoms with E-state index in [2.05, 4.69) is 10.3 Å². The van der Waals surface area contributed by atoms with Crippen molar-refractivity contribution in [3.8, 4) is 11.6 Å². The third-order valence-electron chi connectivity index (χ3n) is 4.10. The molecule has 0 fully saturated rings. The van der Waals surface area contributed by atoms with E-state index in [-0.39, 0.29) is 5.91 Å². The SMILES string of the molecule is Cc1ccc(C(=O)Nc2ccc(Oc3cccc(C(N)=O)c3)nc2)cc1C. The summed E-state index contributed by atoms with van der Waals surface area (Å²) < 4.78 is 5.61. The molecule has 0 aliphatic rings. The highest BCUT2D eigenvalue weighted by atomic mass is 16.5. The summed E-state index contributed by atoms with van der Waals surface area (Å²) in [6, 6.07) is 15.4. The van der Waals surface area contributed by atoms with Crippen molar-refractivity contribution in [1.29, 1.82) is 0 Å². The van der Waals surface area contributed by atoms with Crippen molar-refractivity contribution in [3.05, 3.63) is 83.0 Å². The molecule has 0 atom stereocenters. The Kier molecular flexibility index (Phi) is 5.17. The smallest absolute Gasteiger partial charge is 0.255 e. The van der Waals surface area contributed by atoms with Gasteiger partial charge in [0.25, 0.3) is 5.91 Å². The monoisotopic (exact) mass is 361 g/mol. The van der Waals surface area contributed by atoms with Crippen LogP contribution in [0.1, 0.15) is 31.8 Å². The zero-order valence-electron chi connectivity index (χ0n) is 15.0. The normalized spacial score (nSPS) is 10.3. The summed E-state index contributed by atoms with van der Waals surface area (Å²) >= 11 is 0. The maximum atomic E-state index is 12.3. The number of nitrogens with zero attached hydrogens (tertiary/aromatic N) is 1. The fourth-order valence-corrected chi connectivity index (χ4v) is 2.43. The highest BCUT2D eigenvalue weighted by Gasteiger charge is 2.08. The molecule has 3 rings (SSSR count). The highest BCUT2D eigenvalue weighted by Crippen LogP contribution is 2.22. The molecule has 0 unspecified atom stereocenters. The van der Waals surface area contributed by atoms with Gasteiger partial charge in [0.1, 0.15) is 5.75 Å². The van der Waals surface area contributed by atoms with Gasteiger partial charge in [-0.3, -0.25) is 9.59 Å². The van der Waals surface area contributed by atoms with Crippen LogP contribution < -0.4 is 15.8 Å². The zero-order valence-corrected chi connectivity index (χ0v) is 15.0. The number of aryl methyl sites for hydroxylation is 2. The van der Waals surface area contributed by atoms with Crippen LogP contribution in [0.2, 0.25) is 0 Å². The van der Waals surface area contributed by atoms with Gasteiger partial charge in [-0.25, -0.2) is 4.98 Å². The number of carbonyl (C=O) groups excluding carboxylic acids is 2. The van der Waals surface area contributed by atoms with E-state index >= 15 is 0 Å². The molecule has 6 nitrogen and oxygen atoms in total. The van der Waals surface area contributed by atoms with Crippen LogP contribution in [-0.2, 0) is 0 Å². The predicted molar refractivity (Wildman–Crippen MR) is 103 cm³/mol. The summed E-state index contributed by atoms with van der Waals surface area (Å²) in [7, 11) is 0. The molecule has 6 heteroatoms. The van der Waals surface area contributed by atoms with Crippen molar-refractivity contribution in [1.82, 2.24) is 4.98 Å². The van der Waals surface area contributed by atoms with Crippen LogP contribution in [0.3, 0.4) is 0 Å². The Morgan fingerprint density at radius 2 is 1.78 bits per heavy atom. The van der Waals surface area contributed by atoms with Crippen molar-refractivity contribution in [2.24, 2.45) is 5.73 Å². The highest BCUT2D eigenvalue weighted by molar-refractivity contribution is 6.04. The van der Waals surface area contributed by atoms with Crippen LogP contribution in [0.5, 0.6) is 11.6 Å². The second kappa shape index (κ2) is 7.70. The molecule has 136 valence electrons. The van der Waals surface area contributed by atoms with Crippen molar-refractivity contribution >= 4 is 17.5 Å². The minimum Gasteiger partial charge on any atom is -0.439 e. The summed E-state index contributed by atoms with van der Waals surface area (Å²) in [4.78, 5) is 27.7. The predicted octanol–water partition coefficient (Wildman–Crippen LogP) is 3.84. The molecule has 0 spiro atoms. The van der Waals surface area contributed by atoms with Gasteiger partial charge in [-0.05, 0) is 61.4 Å². The summed E-state index contributed by atoms with van der Waals surface area (Å²) in [6.45, 7) is 3.96. The number of ether oxygens (including phenoxy) is 1. The van der Waals surface area contributed by atoms with Gasteiger partial charge >= 0.3 is 0 Å². The minimum absolute atomic E-state index is 0.206. The van der Waals surface area contributed by atoms with Gasteiger partial charge in [0, 0.05) is 17.2 Å². The second-order valence-corrected chi connectivity index (χ2v) is 6.13. The van der Waals surface area contributed by atoms with E-state index in [1.54, 1.807) is 42.5 Å². The van der Waals surface area contributed by atoms with E-state index in [1.165, 1.54) is 6.20 Å². The first-order chi connectivity index (χ1) is 12.9. The Hall–Kier alpha value is -3.67. The van der Waals surface area contributed by atoms with Crippen LogP contribution in [0.25, 0.3) is 0 Å². The lowest BCUT2D eigenvalue weighted by molar-refractivity contribution is 0.0997. The third-order valence-corrected chi connectivity index (χ3v) is 4.10. The number of anilines is 1. The molecule has 27 heavy (non-hydrogen) atoms. The van der Waals surface area contributed by atoms with E-state index in [0.717, 1.165) is 11.1 Å². The van der Waals surface area contributed by atoms with Crippen LogP contribution in [0, 0.1) is 13.8 Å². The van der Waals surface area contributed by atoms with E-state index < -0.39 is 5.91 Å². The quantitative estimate of drug-likeness (QED) is 0.722. The molecule has 1 aromatic heterocycles. The van der Waals surface area contributed by atoms with Crippen LogP contribution in [-0.4, -0.2) is 16.8 Å². The number of nitrogens with two attached hydrogens (primary N) is 1. The maximum Gasteiger partial charge on any atom is 0.255 e. The average Bonchev–Trinajstić information content (AvgIpc) is 2.65. The molecular formula is C21H19N3O3. The van der Waals surface area contributed by atoms with E-state index in [1.807, 2.05) is 26.0 Å². The minimum atomic E-state index is -0.530. The molecule has 0 saturated heterocycles. The lowest BCUT2D eigenvalue weighted by Crippen LogP contribution is -2.12. The molecule has 0 aliphatic heterocycles. The number of rotatable bonds is 5. The lowest BCUT2D eigenvalue weighted by atomic mass is 10.1. The van der Waals surface area contributed by atoms with E-state index in [0.29, 0.717) is 28.4 Å². The first-order valence-electron chi connectivity index (χ1n) is 8.35. The number of nitrogens with one attached hydrogen (secondary N) is 1. The second-order valence-electron chi connectivity index (χ2n) is 6.13. The summed E-state index contributed by atoms with van der Waals surface area (Å²) in [5, 5.41) is 2.80. The van der Waals surface area contributed by atoms with Gasteiger partial charge in [0.05, 0.1) is 11.9 Å². The van der Waals surface area contributed by atoms with Crippen LogP contribution in [0.4, 0.5) is 5.69 Å². The maximum absolute atomic E-state index is 12.3. The Labute approximate surface area is 157 Å². The van der Waals surface area contributed by atoms with Gasteiger partial charge in [0.2, 0.25) is 11.8 Å². The van der Waals surface area contributed by atoms with Crippen molar-refractivity contribution in [2.45, 2.75) is 13.8 Å². The first-order valence-corrected chi connectivity index (χ1v) is 8.35. The van der Waals surface area contributed by atoms with Crippen molar-refractivity contribution in [2.75, 3.05) is 5.32 Å². The number of benzene rings is 2. The number of primary amides is 1. The number of hydrogen-bond acceptors (Lipinski definition) is 4. The van der Waals surface area contributed by atoms with Crippen LogP contribution in [0.15, 0.2) is 60.8 Å². The van der Waals surface area contributed by atoms with Crippen LogP contribution >= 0.6 is 0 Å². The Morgan fingerprint density at radius 1 is 0.963 bits per heavy atom. The molecule has 2 amide bonds. The van der Waals surface area contributed by atoms with Gasteiger partial charge in [0.15, 0.2) is 0 Å². The molecule has 3 aromatic rings. The molecular weight excluding hydrogens is 342 g/mol. The summed E-state index contributed by atoms with van der Waals surface area (Å²) in [5.74, 6) is 0.0482. The average molecular weight is 361 g/mol. The van der Waals surface area contributed by atoms with E-state index in [9.17, 15) is 9.59 Å². The number of carbonyl (C=O) groups is 2. The number of amides is 2. The zero-order chi connectivity index (χ0) is 19.4. The summed E-state index contributed by atoms with van der Waals surface area (Å²) in [6.07, 6.45) is 1.51. The molecule has 3 N–H and O–H groups in total. The molecule has 0 radical (unpaired) electrons. The van der Waals surface area contributed by atoms with Crippen molar-refractivity contribution in [3.63, 3.8) is 0 Å². The van der Waals surface area contributed by atoms with Gasteiger partial charge in [-0.15, -0.1) is 0 Å². The number of pyridine rings is 1. The van der Waals surface area contributed by atoms with E-state index in [4.69, 9.17) is 10.5 Å². The molecule has 0 saturated carbocycles. The fraction of sp³-hybridized carbons (Fsp3) is 0.0952. The Morgan fingerprint density at radius 3 is 2.44 bits per heavy atom. The fourth-order valence-electron chi connectivity index (χ4n) is 2.43. The molecule has 0 aliphatic carbocycles. The van der Waals surface area contributed by atoms with Crippen molar-refractivity contribution < 1.29 is 14.3 Å². The largest absolute Gasteiger partial charge is 0.439 e.